The lowest BCUT2D eigenvalue weighted by Crippen LogP contribution is -2.46. The van der Waals surface area contributed by atoms with Crippen LogP contribution in [0.3, 0.4) is 0 Å². The molecule has 0 spiro atoms. The normalized spacial score (nSPS) is 12.0. The SMILES string of the molecule is CC(C)(C)NC(=O)NCc1ccc(S(N)(=O)=O)cc1. The quantitative estimate of drug-likeness (QED) is 0.770. The number of rotatable bonds is 3. The minimum Gasteiger partial charge on any atom is -0.334 e. The number of nitrogens with one attached hydrogen (secondary N) is 2. The van der Waals surface area contributed by atoms with E-state index in [1.165, 1.54) is 12.1 Å². The number of nitrogens with two attached hydrogens (primary N) is 1. The van der Waals surface area contributed by atoms with Crippen LogP contribution in [0.25, 0.3) is 0 Å². The fourth-order valence-electron chi connectivity index (χ4n) is 1.36. The number of carbonyl (C=O) groups is 1. The topological polar surface area (TPSA) is 101 Å². The molecule has 1 aromatic carbocycles. The Balaban J connectivity index is 2.58. The number of hydrogen-bond donors (Lipinski definition) is 3. The van der Waals surface area contributed by atoms with Crippen LogP contribution in [0.1, 0.15) is 26.3 Å². The van der Waals surface area contributed by atoms with Crippen LogP contribution in [-0.2, 0) is 16.6 Å². The highest BCUT2D eigenvalue weighted by Gasteiger charge is 2.13. The predicted octanol–water partition coefficient (Wildman–Crippen LogP) is 0.932. The zero-order valence-corrected chi connectivity index (χ0v) is 12.0. The fourth-order valence-corrected chi connectivity index (χ4v) is 1.88. The number of amides is 2. The molecule has 0 unspecified atom stereocenters. The smallest absolute Gasteiger partial charge is 0.315 e. The molecule has 0 fully saturated rings. The first kappa shape index (κ1) is 15.5. The molecule has 0 bridgehead atoms. The molecule has 0 saturated carbocycles. The molecule has 2 amide bonds. The van der Waals surface area contributed by atoms with E-state index >= 15 is 0 Å². The summed E-state index contributed by atoms with van der Waals surface area (Å²) in [6, 6.07) is 5.76. The third kappa shape index (κ3) is 5.71. The van der Waals surface area contributed by atoms with Gasteiger partial charge in [-0.05, 0) is 38.5 Å². The van der Waals surface area contributed by atoms with Gasteiger partial charge in [0.05, 0.1) is 4.90 Å². The highest BCUT2D eigenvalue weighted by molar-refractivity contribution is 7.89. The van der Waals surface area contributed by atoms with Crippen molar-refractivity contribution in [1.29, 1.82) is 0 Å². The van der Waals surface area contributed by atoms with E-state index in [2.05, 4.69) is 10.6 Å². The van der Waals surface area contributed by atoms with Gasteiger partial charge in [0, 0.05) is 12.1 Å². The van der Waals surface area contributed by atoms with Crippen LogP contribution >= 0.6 is 0 Å². The molecule has 0 aliphatic heterocycles. The number of sulfonamides is 1. The van der Waals surface area contributed by atoms with Crippen molar-refractivity contribution in [3.8, 4) is 0 Å². The van der Waals surface area contributed by atoms with Gasteiger partial charge < -0.3 is 10.6 Å². The van der Waals surface area contributed by atoms with Gasteiger partial charge in [-0.3, -0.25) is 0 Å². The van der Waals surface area contributed by atoms with Crippen molar-refractivity contribution in [3.05, 3.63) is 29.8 Å². The lowest BCUT2D eigenvalue weighted by molar-refractivity contribution is 0.231. The van der Waals surface area contributed by atoms with Gasteiger partial charge in [-0.15, -0.1) is 0 Å². The van der Waals surface area contributed by atoms with Crippen LogP contribution in [-0.4, -0.2) is 20.0 Å². The van der Waals surface area contributed by atoms with Crippen molar-refractivity contribution >= 4 is 16.1 Å². The van der Waals surface area contributed by atoms with Crippen molar-refractivity contribution in [1.82, 2.24) is 10.6 Å². The molecular formula is C12H19N3O3S. The van der Waals surface area contributed by atoms with E-state index in [0.29, 0.717) is 6.54 Å². The molecular weight excluding hydrogens is 266 g/mol. The summed E-state index contributed by atoms with van der Waals surface area (Å²) in [6.45, 7) is 5.96. The van der Waals surface area contributed by atoms with Crippen molar-refractivity contribution in [2.45, 2.75) is 37.8 Å². The maximum absolute atomic E-state index is 11.5. The monoisotopic (exact) mass is 285 g/mol. The maximum Gasteiger partial charge on any atom is 0.315 e. The molecule has 4 N–H and O–H groups in total. The molecule has 6 nitrogen and oxygen atoms in total. The van der Waals surface area contributed by atoms with E-state index < -0.39 is 10.0 Å². The summed E-state index contributed by atoms with van der Waals surface area (Å²) in [4.78, 5) is 11.6. The third-order valence-corrected chi connectivity index (χ3v) is 3.12. The second kappa shape index (κ2) is 5.58. The van der Waals surface area contributed by atoms with Crippen molar-refractivity contribution in [2.24, 2.45) is 5.14 Å². The zero-order chi connectivity index (χ0) is 14.7. The highest BCUT2D eigenvalue weighted by atomic mass is 32.2. The van der Waals surface area contributed by atoms with E-state index in [4.69, 9.17) is 5.14 Å². The summed E-state index contributed by atoms with van der Waals surface area (Å²) >= 11 is 0. The summed E-state index contributed by atoms with van der Waals surface area (Å²) in [7, 11) is -3.67. The second-order valence-corrected chi connectivity index (χ2v) is 6.81. The Labute approximate surface area is 113 Å². The van der Waals surface area contributed by atoms with Crippen molar-refractivity contribution in [3.63, 3.8) is 0 Å². The summed E-state index contributed by atoms with van der Waals surface area (Å²) in [5.74, 6) is 0. The molecule has 0 aliphatic rings. The Bertz CT molecular complexity index is 545. The summed E-state index contributed by atoms with van der Waals surface area (Å²) in [6.07, 6.45) is 0. The number of primary sulfonamides is 1. The van der Waals surface area contributed by atoms with Gasteiger partial charge in [0.25, 0.3) is 0 Å². The van der Waals surface area contributed by atoms with E-state index in [1.807, 2.05) is 20.8 Å². The first-order valence-corrected chi connectivity index (χ1v) is 7.30. The molecule has 0 saturated heterocycles. The van der Waals surface area contributed by atoms with Gasteiger partial charge in [-0.1, -0.05) is 12.1 Å². The van der Waals surface area contributed by atoms with Crippen LogP contribution in [0.5, 0.6) is 0 Å². The van der Waals surface area contributed by atoms with Gasteiger partial charge in [0.1, 0.15) is 0 Å². The number of hydrogen-bond acceptors (Lipinski definition) is 3. The lowest BCUT2D eigenvalue weighted by atomic mass is 10.1. The van der Waals surface area contributed by atoms with Crippen LogP contribution < -0.4 is 15.8 Å². The number of benzene rings is 1. The molecule has 0 radical (unpaired) electrons. The molecule has 0 heterocycles. The molecule has 7 heteroatoms. The van der Waals surface area contributed by atoms with Gasteiger partial charge in [0.15, 0.2) is 0 Å². The first-order valence-electron chi connectivity index (χ1n) is 5.76. The van der Waals surface area contributed by atoms with Gasteiger partial charge in [-0.2, -0.15) is 0 Å². The molecule has 1 rings (SSSR count). The molecule has 19 heavy (non-hydrogen) atoms. The first-order chi connectivity index (χ1) is 8.58. The van der Waals surface area contributed by atoms with Crippen LogP contribution in [0, 0.1) is 0 Å². The van der Waals surface area contributed by atoms with E-state index in [9.17, 15) is 13.2 Å². The van der Waals surface area contributed by atoms with Gasteiger partial charge >= 0.3 is 6.03 Å². The van der Waals surface area contributed by atoms with Gasteiger partial charge in [0.2, 0.25) is 10.0 Å². The number of urea groups is 1. The molecule has 106 valence electrons. The Morgan fingerprint density at radius 3 is 2.16 bits per heavy atom. The Morgan fingerprint density at radius 1 is 1.21 bits per heavy atom. The molecule has 0 atom stereocenters. The molecule has 0 aromatic heterocycles. The summed E-state index contributed by atoms with van der Waals surface area (Å²) < 4.78 is 22.1. The number of carbonyl (C=O) groups excluding carboxylic acids is 1. The predicted molar refractivity (Wildman–Crippen MR) is 72.9 cm³/mol. The second-order valence-electron chi connectivity index (χ2n) is 5.25. The fraction of sp³-hybridized carbons (Fsp3) is 0.417. The zero-order valence-electron chi connectivity index (χ0n) is 11.2. The molecule has 0 aliphatic carbocycles. The average Bonchev–Trinajstić information content (AvgIpc) is 2.23. The summed E-state index contributed by atoms with van der Waals surface area (Å²) in [5, 5.41) is 10.4. The standard InChI is InChI=1S/C12H19N3O3S/c1-12(2,3)15-11(16)14-8-9-4-6-10(7-5-9)19(13,17)18/h4-7H,8H2,1-3H3,(H2,13,17,18)(H2,14,15,16). The summed E-state index contributed by atoms with van der Waals surface area (Å²) in [5.41, 5.74) is 0.484. The highest BCUT2D eigenvalue weighted by Crippen LogP contribution is 2.08. The van der Waals surface area contributed by atoms with E-state index in [0.717, 1.165) is 5.56 Å². The van der Waals surface area contributed by atoms with Crippen molar-refractivity contribution < 1.29 is 13.2 Å². The molecule has 1 aromatic rings. The Morgan fingerprint density at radius 2 is 1.74 bits per heavy atom. The van der Waals surface area contributed by atoms with Crippen LogP contribution in [0.4, 0.5) is 4.79 Å². The van der Waals surface area contributed by atoms with Crippen LogP contribution in [0.15, 0.2) is 29.2 Å². The van der Waals surface area contributed by atoms with E-state index in [-0.39, 0.29) is 16.5 Å². The van der Waals surface area contributed by atoms with Crippen LogP contribution in [0.2, 0.25) is 0 Å². The largest absolute Gasteiger partial charge is 0.334 e. The minimum atomic E-state index is -3.67. The maximum atomic E-state index is 11.5. The Kier molecular flexibility index (Phi) is 4.54. The average molecular weight is 285 g/mol. The lowest BCUT2D eigenvalue weighted by Gasteiger charge is -2.20. The minimum absolute atomic E-state index is 0.0513. The van der Waals surface area contributed by atoms with E-state index in [1.54, 1.807) is 12.1 Å². The van der Waals surface area contributed by atoms with Gasteiger partial charge in [-0.25, -0.2) is 18.4 Å². The Hall–Kier alpha value is -1.60. The van der Waals surface area contributed by atoms with Crippen molar-refractivity contribution in [2.75, 3.05) is 0 Å². The third-order valence-electron chi connectivity index (χ3n) is 2.19.